The summed E-state index contributed by atoms with van der Waals surface area (Å²) in [4.78, 5) is 24.8. The molecule has 1 aromatic carbocycles. The number of hydrogen-bond donors (Lipinski definition) is 1. The molecule has 0 unspecified atom stereocenters. The minimum atomic E-state index is -1.06. The highest BCUT2D eigenvalue weighted by atomic mass is 19.1. The van der Waals surface area contributed by atoms with Crippen LogP contribution in [0.1, 0.15) is 38.7 Å². The van der Waals surface area contributed by atoms with Crippen LogP contribution >= 0.6 is 0 Å². The van der Waals surface area contributed by atoms with Crippen molar-refractivity contribution in [1.29, 1.82) is 0 Å². The van der Waals surface area contributed by atoms with Crippen molar-refractivity contribution in [2.75, 3.05) is 6.54 Å². The van der Waals surface area contributed by atoms with E-state index in [1.165, 1.54) is 17.0 Å². The van der Waals surface area contributed by atoms with Crippen LogP contribution in [0.5, 0.6) is 0 Å². The topological polar surface area (TPSA) is 66.8 Å². The Balaban J connectivity index is 2.17. The van der Waals surface area contributed by atoms with E-state index in [1.54, 1.807) is 32.9 Å². The van der Waals surface area contributed by atoms with E-state index in [2.05, 4.69) is 0 Å². The summed E-state index contributed by atoms with van der Waals surface area (Å²) < 4.78 is 18.3. The van der Waals surface area contributed by atoms with Crippen LogP contribution in [-0.4, -0.2) is 40.3 Å². The first-order valence-corrected chi connectivity index (χ1v) is 7.15. The Kier molecular flexibility index (Phi) is 4.39. The van der Waals surface area contributed by atoms with Crippen molar-refractivity contribution < 1.29 is 23.8 Å². The van der Waals surface area contributed by atoms with Crippen molar-refractivity contribution >= 4 is 12.1 Å². The number of halogens is 1. The second-order valence-corrected chi connectivity index (χ2v) is 6.47. The lowest BCUT2D eigenvalue weighted by Gasteiger charge is -2.26. The normalized spacial score (nSPS) is 21.7. The SMILES string of the molecule is CC(C)(C)OC(=O)N1C[C@H](c2ccc(F)cc2)C[C@H]1C(=O)O. The summed E-state index contributed by atoms with van der Waals surface area (Å²) in [6.07, 6.45) is -0.343. The minimum Gasteiger partial charge on any atom is -0.480 e. The van der Waals surface area contributed by atoms with Gasteiger partial charge >= 0.3 is 12.1 Å². The first-order chi connectivity index (χ1) is 10.2. The number of carboxylic acids is 1. The second kappa shape index (κ2) is 5.94. The number of nitrogens with zero attached hydrogens (tertiary/aromatic N) is 1. The lowest BCUT2D eigenvalue weighted by atomic mass is 9.96. The molecule has 1 fully saturated rings. The third-order valence-corrected chi connectivity index (χ3v) is 3.56. The molecule has 2 atom stereocenters. The van der Waals surface area contributed by atoms with E-state index in [0.29, 0.717) is 6.42 Å². The monoisotopic (exact) mass is 309 g/mol. The average Bonchev–Trinajstić information content (AvgIpc) is 2.83. The fourth-order valence-electron chi connectivity index (χ4n) is 2.57. The Labute approximate surface area is 128 Å². The number of carbonyl (C=O) groups is 2. The van der Waals surface area contributed by atoms with Gasteiger partial charge in [0.25, 0.3) is 0 Å². The van der Waals surface area contributed by atoms with Crippen molar-refractivity contribution in [3.05, 3.63) is 35.6 Å². The van der Waals surface area contributed by atoms with Gasteiger partial charge < -0.3 is 9.84 Å². The van der Waals surface area contributed by atoms with Gasteiger partial charge in [-0.1, -0.05) is 12.1 Å². The van der Waals surface area contributed by atoms with E-state index in [9.17, 15) is 19.1 Å². The van der Waals surface area contributed by atoms with Gasteiger partial charge in [-0.15, -0.1) is 0 Å². The number of carboxylic acid groups (broad SMARTS) is 1. The molecule has 0 spiro atoms. The molecule has 0 aromatic heterocycles. The van der Waals surface area contributed by atoms with Crippen LogP contribution in [0.3, 0.4) is 0 Å². The van der Waals surface area contributed by atoms with Gasteiger partial charge in [0, 0.05) is 12.5 Å². The van der Waals surface area contributed by atoms with E-state index < -0.39 is 23.7 Å². The first-order valence-electron chi connectivity index (χ1n) is 7.15. The molecular formula is C16H20FNO4. The van der Waals surface area contributed by atoms with Gasteiger partial charge in [0.2, 0.25) is 0 Å². The van der Waals surface area contributed by atoms with Crippen LogP contribution in [0.2, 0.25) is 0 Å². The number of carbonyl (C=O) groups excluding carboxylic acids is 1. The van der Waals surface area contributed by atoms with Gasteiger partial charge in [0.1, 0.15) is 17.5 Å². The fourth-order valence-corrected chi connectivity index (χ4v) is 2.57. The maximum absolute atomic E-state index is 13.0. The Morgan fingerprint density at radius 3 is 2.36 bits per heavy atom. The summed E-state index contributed by atoms with van der Waals surface area (Å²) >= 11 is 0. The average molecular weight is 309 g/mol. The number of hydrogen-bond acceptors (Lipinski definition) is 3. The molecule has 0 radical (unpaired) electrons. The van der Waals surface area contributed by atoms with E-state index in [1.807, 2.05) is 0 Å². The lowest BCUT2D eigenvalue weighted by Crippen LogP contribution is -2.43. The minimum absolute atomic E-state index is 0.144. The van der Waals surface area contributed by atoms with Crippen LogP contribution < -0.4 is 0 Å². The van der Waals surface area contributed by atoms with Gasteiger partial charge in [-0.3, -0.25) is 4.90 Å². The number of rotatable bonds is 2. The van der Waals surface area contributed by atoms with Crippen LogP contribution in [-0.2, 0) is 9.53 Å². The highest BCUT2D eigenvalue weighted by Crippen LogP contribution is 2.33. The Morgan fingerprint density at radius 2 is 1.86 bits per heavy atom. The molecule has 22 heavy (non-hydrogen) atoms. The maximum atomic E-state index is 13.0. The zero-order valence-electron chi connectivity index (χ0n) is 12.9. The van der Waals surface area contributed by atoms with Gasteiger partial charge in [-0.25, -0.2) is 14.0 Å². The van der Waals surface area contributed by atoms with Crippen molar-refractivity contribution in [2.24, 2.45) is 0 Å². The molecule has 120 valence electrons. The van der Waals surface area contributed by atoms with Crippen molar-refractivity contribution in [2.45, 2.75) is 44.8 Å². The molecule has 6 heteroatoms. The Bertz CT molecular complexity index is 565. The van der Waals surface area contributed by atoms with Crippen LogP contribution in [0, 0.1) is 5.82 Å². The van der Waals surface area contributed by atoms with Crippen LogP contribution in [0.15, 0.2) is 24.3 Å². The predicted molar refractivity (Wildman–Crippen MR) is 78.1 cm³/mol. The molecule has 1 N–H and O–H groups in total. The van der Waals surface area contributed by atoms with Crippen LogP contribution in [0.25, 0.3) is 0 Å². The van der Waals surface area contributed by atoms with Gasteiger partial charge in [0.15, 0.2) is 0 Å². The van der Waals surface area contributed by atoms with E-state index in [-0.39, 0.29) is 18.3 Å². The number of ether oxygens (including phenoxy) is 1. The fraction of sp³-hybridized carbons (Fsp3) is 0.500. The van der Waals surface area contributed by atoms with Gasteiger partial charge in [0.05, 0.1) is 0 Å². The summed E-state index contributed by atoms with van der Waals surface area (Å²) in [6.45, 7) is 5.44. The third kappa shape index (κ3) is 3.75. The molecule has 1 aromatic rings. The molecule has 1 aliphatic rings. The van der Waals surface area contributed by atoms with Crippen LogP contribution in [0.4, 0.5) is 9.18 Å². The zero-order valence-corrected chi connectivity index (χ0v) is 12.9. The summed E-state index contributed by atoms with van der Waals surface area (Å²) in [5.41, 5.74) is 0.132. The molecule has 0 saturated carbocycles. The zero-order chi connectivity index (χ0) is 16.5. The van der Waals surface area contributed by atoms with Gasteiger partial charge in [-0.2, -0.15) is 0 Å². The molecule has 1 amide bonds. The Morgan fingerprint density at radius 1 is 1.27 bits per heavy atom. The molecule has 0 bridgehead atoms. The predicted octanol–water partition coefficient (Wildman–Crippen LogP) is 3.00. The number of amides is 1. The molecule has 0 aliphatic carbocycles. The molecule has 5 nitrogen and oxygen atoms in total. The van der Waals surface area contributed by atoms with E-state index in [4.69, 9.17) is 4.74 Å². The van der Waals surface area contributed by atoms with Crippen molar-refractivity contribution in [3.8, 4) is 0 Å². The molecule has 1 saturated heterocycles. The highest BCUT2D eigenvalue weighted by Gasteiger charge is 2.41. The maximum Gasteiger partial charge on any atom is 0.411 e. The summed E-state index contributed by atoms with van der Waals surface area (Å²) in [7, 11) is 0. The largest absolute Gasteiger partial charge is 0.480 e. The summed E-state index contributed by atoms with van der Waals surface area (Å²) in [6, 6.07) is 4.99. The second-order valence-electron chi connectivity index (χ2n) is 6.47. The lowest BCUT2D eigenvalue weighted by molar-refractivity contribution is -0.142. The van der Waals surface area contributed by atoms with E-state index in [0.717, 1.165) is 5.56 Å². The van der Waals surface area contributed by atoms with E-state index >= 15 is 0 Å². The first kappa shape index (κ1) is 16.3. The third-order valence-electron chi connectivity index (χ3n) is 3.56. The number of benzene rings is 1. The summed E-state index contributed by atoms with van der Waals surface area (Å²) in [5.74, 6) is -1.55. The summed E-state index contributed by atoms with van der Waals surface area (Å²) in [5, 5.41) is 9.33. The molecule has 1 aliphatic heterocycles. The number of aliphatic carboxylic acids is 1. The van der Waals surface area contributed by atoms with Gasteiger partial charge in [-0.05, 0) is 44.9 Å². The molecule has 1 heterocycles. The molecular weight excluding hydrogens is 289 g/mol. The Hall–Kier alpha value is -2.11. The quantitative estimate of drug-likeness (QED) is 0.912. The number of likely N-dealkylation sites (tertiary alicyclic amines) is 1. The van der Waals surface area contributed by atoms with Crippen molar-refractivity contribution in [3.63, 3.8) is 0 Å². The highest BCUT2D eigenvalue weighted by molar-refractivity contribution is 5.81. The van der Waals surface area contributed by atoms with Crippen molar-refractivity contribution in [1.82, 2.24) is 4.90 Å². The smallest absolute Gasteiger partial charge is 0.411 e. The molecule has 2 rings (SSSR count). The standard InChI is InChI=1S/C16H20FNO4/c1-16(2,3)22-15(21)18-9-11(8-13(18)14(19)20)10-4-6-12(17)7-5-10/h4-7,11,13H,8-9H2,1-3H3,(H,19,20)/t11-,13+/m1/s1.